The standard InChI is InChI=1S/C26H16N2/c1-2-6-20-17(5-1)8-9-18-10-11-19-12-14-22-21(26(19)25(18)20)13-15-24(28-22)23-7-3-4-16-27-23/h1-16H. The molecule has 0 saturated heterocycles. The fourth-order valence-electron chi connectivity index (χ4n) is 4.18. The van der Waals surface area contributed by atoms with Crippen molar-refractivity contribution < 1.29 is 0 Å². The van der Waals surface area contributed by atoms with E-state index >= 15 is 0 Å². The molecular weight excluding hydrogens is 340 g/mol. The lowest BCUT2D eigenvalue weighted by Crippen LogP contribution is -1.89. The summed E-state index contributed by atoms with van der Waals surface area (Å²) in [7, 11) is 0. The molecule has 4 aromatic carbocycles. The van der Waals surface area contributed by atoms with Crippen molar-refractivity contribution in [2.24, 2.45) is 0 Å². The lowest BCUT2D eigenvalue weighted by molar-refractivity contribution is 1.28. The fourth-order valence-corrected chi connectivity index (χ4v) is 4.18. The van der Waals surface area contributed by atoms with Crippen molar-refractivity contribution in [1.82, 2.24) is 9.97 Å². The lowest BCUT2D eigenvalue weighted by Gasteiger charge is -2.11. The Labute approximate surface area is 162 Å². The normalized spacial score (nSPS) is 11.6. The van der Waals surface area contributed by atoms with Gasteiger partial charge in [-0.2, -0.15) is 0 Å². The molecule has 130 valence electrons. The van der Waals surface area contributed by atoms with E-state index in [-0.39, 0.29) is 0 Å². The molecule has 6 rings (SSSR count). The quantitative estimate of drug-likeness (QED) is 0.304. The second-order valence-corrected chi connectivity index (χ2v) is 7.09. The van der Waals surface area contributed by atoms with Gasteiger partial charge in [0.25, 0.3) is 0 Å². The summed E-state index contributed by atoms with van der Waals surface area (Å²) in [5.74, 6) is 0. The summed E-state index contributed by atoms with van der Waals surface area (Å²) in [5, 5.41) is 8.79. The highest BCUT2D eigenvalue weighted by molar-refractivity contribution is 6.27. The summed E-state index contributed by atoms with van der Waals surface area (Å²) in [6.07, 6.45) is 1.81. The van der Waals surface area contributed by atoms with Gasteiger partial charge < -0.3 is 0 Å². The van der Waals surface area contributed by atoms with Crippen LogP contribution in [0.1, 0.15) is 0 Å². The Bertz CT molecular complexity index is 1500. The van der Waals surface area contributed by atoms with Gasteiger partial charge in [-0.1, -0.05) is 60.7 Å². The Hall–Kier alpha value is -3.78. The van der Waals surface area contributed by atoms with Crippen LogP contribution in [0.4, 0.5) is 0 Å². The van der Waals surface area contributed by atoms with Crippen LogP contribution in [-0.4, -0.2) is 9.97 Å². The summed E-state index contributed by atoms with van der Waals surface area (Å²) >= 11 is 0. The van der Waals surface area contributed by atoms with Gasteiger partial charge in [0, 0.05) is 11.6 Å². The summed E-state index contributed by atoms with van der Waals surface area (Å²) < 4.78 is 0. The predicted molar refractivity (Wildman–Crippen MR) is 117 cm³/mol. The van der Waals surface area contributed by atoms with E-state index < -0.39 is 0 Å². The maximum absolute atomic E-state index is 4.92. The third kappa shape index (κ3) is 2.21. The van der Waals surface area contributed by atoms with E-state index in [2.05, 4.69) is 77.8 Å². The molecule has 0 unspecified atom stereocenters. The molecule has 0 aliphatic heterocycles. The average molecular weight is 356 g/mol. The zero-order chi connectivity index (χ0) is 18.5. The second-order valence-electron chi connectivity index (χ2n) is 7.09. The molecule has 0 aliphatic rings. The number of pyridine rings is 2. The highest BCUT2D eigenvalue weighted by Gasteiger charge is 2.10. The van der Waals surface area contributed by atoms with Gasteiger partial charge in [0.15, 0.2) is 0 Å². The molecule has 2 heteroatoms. The molecule has 0 saturated carbocycles. The number of benzene rings is 4. The first kappa shape index (κ1) is 15.3. The van der Waals surface area contributed by atoms with Crippen LogP contribution in [0.5, 0.6) is 0 Å². The first-order valence-corrected chi connectivity index (χ1v) is 9.44. The smallest absolute Gasteiger partial charge is 0.0893 e. The molecule has 0 spiro atoms. The third-order valence-corrected chi connectivity index (χ3v) is 5.48. The van der Waals surface area contributed by atoms with Crippen LogP contribution in [0.25, 0.3) is 54.6 Å². The van der Waals surface area contributed by atoms with Crippen molar-refractivity contribution in [3.05, 3.63) is 97.2 Å². The van der Waals surface area contributed by atoms with Gasteiger partial charge in [-0.3, -0.25) is 4.98 Å². The number of hydrogen-bond donors (Lipinski definition) is 0. The maximum Gasteiger partial charge on any atom is 0.0893 e. The van der Waals surface area contributed by atoms with Gasteiger partial charge in [0.2, 0.25) is 0 Å². The van der Waals surface area contributed by atoms with Gasteiger partial charge in [0.1, 0.15) is 0 Å². The number of rotatable bonds is 1. The van der Waals surface area contributed by atoms with Gasteiger partial charge in [-0.25, -0.2) is 4.98 Å². The van der Waals surface area contributed by atoms with Gasteiger partial charge in [-0.05, 0) is 62.6 Å². The van der Waals surface area contributed by atoms with E-state index in [1.54, 1.807) is 6.20 Å². The van der Waals surface area contributed by atoms with E-state index in [9.17, 15) is 0 Å². The van der Waals surface area contributed by atoms with E-state index in [1.807, 2.05) is 18.2 Å². The Morgan fingerprint density at radius 2 is 1.18 bits per heavy atom. The Morgan fingerprint density at radius 3 is 2.00 bits per heavy atom. The van der Waals surface area contributed by atoms with E-state index in [0.717, 1.165) is 16.9 Å². The molecule has 2 aromatic heterocycles. The fraction of sp³-hybridized carbons (Fsp3) is 0. The largest absolute Gasteiger partial charge is 0.255 e. The van der Waals surface area contributed by atoms with Crippen LogP contribution < -0.4 is 0 Å². The minimum Gasteiger partial charge on any atom is -0.255 e. The Balaban J connectivity index is 1.77. The van der Waals surface area contributed by atoms with Crippen LogP contribution in [-0.2, 0) is 0 Å². The van der Waals surface area contributed by atoms with Crippen LogP contribution in [0.2, 0.25) is 0 Å². The topological polar surface area (TPSA) is 25.8 Å². The second kappa shape index (κ2) is 5.86. The average Bonchev–Trinajstić information content (AvgIpc) is 2.78. The molecule has 0 radical (unpaired) electrons. The summed E-state index contributed by atoms with van der Waals surface area (Å²) in [6, 6.07) is 31.9. The van der Waals surface area contributed by atoms with Crippen molar-refractivity contribution >= 4 is 43.2 Å². The van der Waals surface area contributed by atoms with Crippen molar-refractivity contribution in [2.75, 3.05) is 0 Å². The van der Waals surface area contributed by atoms with Gasteiger partial charge in [-0.15, -0.1) is 0 Å². The highest BCUT2D eigenvalue weighted by atomic mass is 14.8. The number of fused-ring (bicyclic) bond motifs is 7. The Kier molecular flexibility index (Phi) is 3.20. The minimum absolute atomic E-state index is 0.896. The van der Waals surface area contributed by atoms with Crippen LogP contribution in [0.15, 0.2) is 97.2 Å². The van der Waals surface area contributed by atoms with E-state index in [0.29, 0.717) is 0 Å². The van der Waals surface area contributed by atoms with Crippen LogP contribution in [0, 0.1) is 0 Å². The molecule has 0 atom stereocenters. The summed E-state index contributed by atoms with van der Waals surface area (Å²) in [4.78, 5) is 9.37. The van der Waals surface area contributed by atoms with Gasteiger partial charge in [0.05, 0.1) is 16.9 Å². The minimum atomic E-state index is 0.896. The number of hydrogen-bond acceptors (Lipinski definition) is 2. The number of nitrogens with zero attached hydrogens (tertiary/aromatic N) is 2. The molecule has 28 heavy (non-hydrogen) atoms. The molecule has 0 bridgehead atoms. The zero-order valence-corrected chi connectivity index (χ0v) is 15.1. The molecule has 2 nitrogen and oxygen atoms in total. The highest BCUT2D eigenvalue weighted by Crippen LogP contribution is 2.36. The Morgan fingerprint density at radius 1 is 0.464 bits per heavy atom. The van der Waals surface area contributed by atoms with Gasteiger partial charge >= 0.3 is 0 Å². The molecule has 0 fully saturated rings. The lowest BCUT2D eigenvalue weighted by atomic mass is 9.94. The maximum atomic E-state index is 4.92. The van der Waals surface area contributed by atoms with E-state index in [1.165, 1.54) is 37.7 Å². The molecule has 0 aliphatic carbocycles. The first-order chi connectivity index (χ1) is 13.9. The SMILES string of the molecule is c1ccc(-c2ccc3c(ccc4ccc5ccc6ccccc6c5c43)n2)nc1. The van der Waals surface area contributed by atoms with Crippen molar-refractivity contribution in [2.45, 2.75) is 0 Å². The molecular formula is C26H16N2. The number of aromatic nitrogens is 2. The van der Waals surface area contributed by atoms with E-state index in [4.69, 9.17) is 4.98 Å². The zero-order valence-electron chi connectivity index (χ0n) is 15.1. The molecule has 0 amide bonds. The van der Waals surface area contributed by atoms with Crippen molar-refractivity contribution in [3.63, 3.8) is 0 Å². The van der Waals surface area contributed by atoms with Crippen molar-refractivity contribution in [1.29, 1.82) is 0 Å². The summed E-state index contributed by atoms with van der Waals surface area (Å²) in [5.41, 5.74) is 2.79. The van der Waals surface area contributed by atoms with Crippen LogP contribution in [0.3, 0.4) is 0 Å². The first-order valence-electron chi connectivity index (χ1n) is 9.44. The molecule has 2 heterocycles. The monoisotopic (exact) mass is 356 g/mol. The predicted octanol–water partition coefficient (Wildman–Crippen LogP) is 6.76. The molecule has 6 aromatic rings. The third-order valence-electron chi connectivity index (χ3n) is 5.48. The van der Waals surface area contributed by atoms with Crippen molar-refractivity contribution in [3.8, 4) is 11.4 Å². The van der Waals surface area contributed by atoms with Crippen LogP contribution >= 0.6 is 0 Å². The molecule has 0 N–H and O–H groups in total. The summed E-state index contributed by atoms with van der Waals surface area (Å²) in [6.45, 7) is 0.